The molecule has 0 aliphatic carbocycles. The highest BCUT2D eigenvalue weighted by molar-refractivity contribution is 5.96. The van der Waals surface area contributed by atoms with Crippen molar-refractivity contribution in [3.8, 4) is 11.5 Å². The minimum absolute atomic E-state index is 0.00827. The summed E-state index contributed by atoms with van der Waals surface area (Å²) in [5.74, 6) is 1.12. The summed E-state index contributed by atoms with van der Waals surface area (Å²) in [5, 5.41) is 2.86. The number of carbonyl (C=O) groups excluding carboxylic acids is 2. The summed E-state index contributed by atoms with van der Waals surface area (Å²) in [4.78, 5) is 26.0. The number of ether oxygens (including phenoxy) is 2. The third-order valence-corrected chi connectivity index (χ3v) is 4.06. The summed E-state index contributed by atoms with van der Waals surface area (Å²) in [6.07, 6.45) is 0.295. The molecule has 1 aliphatic rings. The molecule has 0 spiro atoms. The summed E-state index contributed by atoms with van der Waals surface area (Å²) >= 11 is 0. The second-order valence-corrected chi connectivity index (χ2v) is 6.00. The van der Waals surface area contributed by atoms with Gasteiger partial charge < -0.3 is 19.7 Å². The van der Waals surface area contributed by atoms with Crippen molar-refractivity contribution >= 4 is 17.5 Å². The molecule has 1 unspecified atom stereocenters. The molecule has 1 fully saturated rings. The molecule has 2 amide bonds. The van der Waals surface area contributed by atoms with Crippen LogP contribution in [0.1, 0.15) is 13.3 Å². The van der Waals surface area contributed by atoms with Gasteiger partial charge in [-0.1, -0.05) is 18.2 Å². The van der Waals surface area contributed by atoms with E-state index in [-0.39, 0.29) is 24.5 Å². The molecule has 0 aromatic heterocycles. The first kappa shape index (κ1) is 17.8. The number of benzene rings is 2. The lowest BCUT2D eigenvalue weighted by molar-refractivity contribution is -0.123. The molecule has 26 heavy (non-hydrogen) atoms. The van der Waals surface area contributed by atoms with Gasteiger partial charge >= 0.3 is 0 Å². The molecular formula is C20H22N2O4. The van der Waals surface area contributed by atoms with Crippen LogP contribution in [0.4, 0.5) is 5.69 Å². The minimum Gasteiger partial charge on any atom is -0.494 e. The van der Waals surface area contributed by atoms with E-state index in [0.29, 0.717) is 25.3 Å². The van der Waals surface area contributed by atoms with Crippen LogP contribution in [-0.4, -0.2) is 37.6 Å². The van der Waals surface area contributed by atoms with Crippen molar-refractivity contribution in [2.24, 2.45) is 0 Å². The molecular weight excluding hydrogens is 332 g/mol. The summed E-state index contributed by atoms with van der Waals surface area (Å²) in [6, 6.07) is 16.4. The predicted molar refractivity (Wildman–Crippen MR) is 98.4 cm³/mol. The van der Waals surface area contributed by atoms with E-state index in [2.05, 4.69) is 5.32 Å². The monoisotopic (exact) mass is 354 g/mol. The van der Waals surface area contributed by atoms with E-state index in [1.807, 2.05) is 37.3 Å². The van der Waals surface area contributed by atoms with Crippen LogP contribution in [0.3, 0.4) is 0 Å². The van der Waals surface area contributed by atoms with E-state index >= 15 is 0 Å². The maximum Gasteiger partial charge on any atom is 0.258 e. The molecule has 1 aliphatic heterocycles. The smallest absolute Gasteiger partial charge is 0.258 e. The lowest BCUT2D eigenvalue weighted by Gasteiger charge is -2.17. The summed E-state index contributed by atoms with van der Waals surface area (Å²) in [7, 11) is 0. The summed E-state index contributed by atoms with van der Waals surface area (Å²) in [5.41, 5.74) is 0.847. The Morgan fingerprint density at radius 3 is 2.38 bits per heavy atom. The van der Waals surface area contributed by atoms with Crippen molar-refractivity contribution in [1.82, 2.24) is 5.32 Å². The first-order valence-corrected chi connectivity index (χ1v) is 8.66. The van der Waals surface area contributed by atoms with Gasteiger partial charge in [-0.3, -0.25) is 9.59 Å². The molecule has 3 rings (SSSR count). The fourth-order valence-corrected chi connectivity index (χ4v) is 2.88. The molecule has 2 aromatic rings. The largest absolute Gasteiger partial charge is 0.494 e. The topological polar surface area (TPSA) is 67.9 Å². The van der Waals surface area contributed by atoms with Crippen LogP contribution < -0.4 is 19.7 Å². The fourth-order valence-electron chi connectivity index (χ4n) is 2.88. The van der Waals surface area contributed by atoms with Gasteiger partial charge in [-0.05, 0) is 43.3 Å². The summed E-state index contributed by atoms with van der Waals surface area (Å²) < 4.78 is 10.8. The van der Waals surface area contributed by atoms with Gasteiger partial charge in [0.15, 0.2) is 6.61 Å². The van der Waals surface area contributed by atoms with Crippen molar-refractivity contribution in [3.63, 3.8) is 0 Å². The lowest BCUT2D eigenvalue weighted by atomic mass is 10.2. The van der Waals surface area contributed by atoms with Crippen LogP contribution in [0.5, 0.6) is 11.5 Å². The Bertz CT molecular complexity index is 746. The molecule has 1 saturated heterocycles. The molecule has 6 nitrogen and oxygen atoms in total. The Morgan fingerprint density at radius 2 is 1.73 bits per heavy atom. The lowest BCUT2D eigenvalue weighted by Crippen LogP contribution is -2.39. The van der Waals surface area contributed by atoms with Crippen LogP contribution in [0.15, 0.2) is 54.6 Å². The molecule has 2 aromatic carbocycles. The Hall–Kier alpha value is -3.02. The van der Waals surface area contributed by atoms with E-state index < -0.39 is 0 Å². The summed E-state index contributed by atoms with van der Waals surface area (Å²) in [6.45, 7) is 2.89. The molecule has 0 bridgehead atoms. The first-order valence-electron chi connectivity index (χ1n) is 8.66. The third kappa shape index (κ3) is 4.53. The van der Waals surface area contributed by atoms with Crippen molar-refractivity contribution in [2.45, 2.75) is 19.4 Å². The second-order valence-electron chi connectivity index (χ2n) is 6.00. The van der Waals surface area contributed by atoms with Gasteiger partial charge in [0, 0.05) is 18.7 Å². The van der Waals surface area contributed by atoms with Gasteiger partial charge in [-0.25, -0.2) is 0 Å². The number of hydrogen-bond acceptors (Lipinski definition) is 4. The van der Waals surface area contributed by atoms with E-state index in [0.717, 1.165) is 11.4 Å². The molecule has 1 N–H and O–H groups in total. The predicted octanol–water partition coefficient (Wildman–Crippen LogP) is 2.39. The van der Waals surface area contributed by atoms with E-state index in [9.17, 15) is 9.59 Å². The number of nitrogens with zero attached hydrogens (tertiary/aromatic N) is 1. The highest BCUT2D eigenvalue weighted by Crippen LogP contribution is 2.21. The maximum atomic E-state index is 12.2. The molecule has 1 atom stereocenters. The van der Waals surface area contributed by atoms with Gasteiger partial charge in [0.1, 0.15) is 11.5 Å². The molecule has 0 saturated carbocycles. The van der Waals surface area contributed by atoms with Crippen LogP contribution in [0.2, 0.25) is 0 Å². The number of rotatable bonds is 7. The molecule has 136 valence electrons. The van der Waals surface area contributed by atoms with Gasteiger partial charge in [0.25, 0.3) is 5.91 Å². The van der Waals surface area contributed by atoms with Crippen LogP contribution in [-0.2, 0) is 9.59 Å². The third-order valence-electron chi connectivity index (χ3n) is 4.06. The number of amides is 2. The van der Waals surface area contributed by atoms with Crippen molar-refractivity contribution in [1.29, 1.82) is 0 Å². The zero-order chi connectivity index (χ0) is 18.4. The van der Waals surface area contributed by atoms with Crippen LogP contribution >= 0.6 is 0 Å². The van der Waals surface area contributed by atoms with Gasteiger partial charge in [-0.2, -0.15) is 0 Å². The highest BCUT2D eigenvalue weighted by atomic mass is 16.5. The average molecular weight is 354 g/mol. The normalized spacial score (nSPS) is 16.4. The number of nitrogens with one attached hydrogen (secondary N) is 1. The SMILES string of the molecule is CCOc1ccc(OCC(=O)NC2CC(=O)N(c3ccccc3)C2)cc1. The Balaban J connectivity index is 1.47. The zero-order valence-electron chi connectivity index (χ0n) is 14.7. The van der Waals surface area contributed by atoms with Gasteiger partial charge in [0.05, 0.1) is 12.6 Å². The van der Waals surface area contributed by atoms with Crippen LogP contribution in [0.25, 0.3) is 0 Å². The second kappa shape index (κ2) is 8.38. The number of carbonyl (C=O) groups is 2. The molecule has 1 heterocycles. The fraction of sp³-hybridized carbons (Fsp3) is 0.300. The molecule has 6 heteroatoms. The Labute approximate surface area is 152 Å². The first-order chi connectivity index (χ1) is 12.7. The highest BCUT2D eigenvalue weighted by Gasteiger charge is 2.31. The average Bonchev–Trinajstić information content (AvgIpc) is 3.02. The number of para-hydroxylation sites is 1. The molecule has 0 radical (unpaired) electrons. The van der Waals surface area contributed by atoms with Crippen molar-refractivity contribution < 1.29 is 19.1 Å². The Kier molecular flexibility index (Phi) is 5.73. The number of hydrogen-bond donors (Lipinski definition) is 1. The van der Waals surface area contributed by atoms with Crippen LogP contribution in [0, 0.1) is 0 Å². The van der Waals surface area contributed by atoms with E-state index in [4.69, 9.17) is 9.47 Å². The van der Waals surface area contributed by atoms with Crippen molar-refractivity contribution in [3.05, 3.63) is 54.6 Å². The number of anilines is 1. The van der Waals surface area contributed by atoms with Gasteiger partial charge in [0.2, 0.25) is 5.91 Å². The quantitative estimate of drug-likeness (QED) is 0.829. The maximum absolute atomic E-state index is 12.2. The van der Waals surface area contributed by atoms with Gasteiger partial charge in [-0.15, -0.1) is 0 Å². The van der Waals surface area contributed by atoms with Crippen molar-refractivity contribution in [2.75, 3.05) is 24.7 Å². The Morgan fingerprint density at radius 1 is 1.08 bits per heavy atom. The van der Waals surface area contributed by atoms with E-state index in [1.54, 1.807) is 29.2 Å². The standard InChI is InChI=1S/C20H22N2O4/c1-2-25-17-8-10-18(11-9-17)26-14-19(23)21-15-12-20(24)22(13-15)16-6-4-3-5-7-16/h3-11,15H,2,12-14H2,1H3,(H,21,23). The zero-order valence-corrected chi connectivity index (χ0v) is 14.7. The van der Waals surface area contributed by atoms with E-state index in [1.165, 1.54) is 0 Å². The minimum atomic E-state index is -0.244.